The molecule has 1 saturated carbocycles. The molecule has 1 heterocycles. The van der Waals surface area contributed by atoms with E-state index in [1.165, 1.54) is 0 Å². The number of rotatable bonds is 1. The fourth-order valence-corrected chi connectivity index (χ4v) is 3.43. The molecule has 2 nitrogen and oxygen atoms in total. The molecule has 116 valence electrons. The largest absolute Gasteiger partial charge is 0.342 e. The second kappa shape index (κ2) is 5.61. The first-order chi connectivity index (χ1) is 9.19. The maximum atomic E-state index is 13.2. The van der Waals surface area contributed by atoms with E-state index < -0.39 is 5.92 Å². The predicted octanol–water partition coefficient (Wildman–Crippen LogP) is 4.10. The fraction of sp³-hybridized carbons (Fsp3) is 0.938. The first-order valence-corrected chi connectivity index (χ1v) is 7.86. The van der Waals surface area contributed by atoms with Gasteiger partial charge in [-0.15, -0.1) is 0 Å². The maximum Gasteiger partial charge on any atom is 0.248 e. The van der Waals surface area contributed by atoms with Crippen molar-refractivity contribution in [1.29, 1.82) is 0 Å². The molecule has 4 heteroatoms. The Morgan fingerprint density at radius 2 is 1.75 bits per heavy atom. The van der Waals surface area contributed by atoms with Gasteiger partial charge in [0.2, 0.25) is 11.8 Å². The Bertz CT molecular complexity index is 352. The summed E-state index contributed by atoms with van der Waals surface area (Å²) in [4.78, 5) is 14.5. The zero-order chi connectivity index (χ0) is 15.0. The maximum absolute atomic E-state index is 13.2. The van der Waals surface area contributed by atoms with Crippen LogP contribution in [0.4, 0.5) is 8.78 Å². The van der Waals surface area contributed by atoms with Crippen LogP contribution in [0, 0.1) is 17.3 Å². The molecule has 2 aliphatic rings. The van der Waals surface area contributed by atoms with Gasteiger partial charge in [0, 0.05) is 31.8 Å². The molecule has 2 fully saturated rings. The molecule has 1 amide bonds. The molecule has 0 bridgehead atoms. The minimum Gasteiger partial charge on any atom is -0.342 e. The molecule has 1 atom stereocenters. The van der Waals surface area contributed by atoms with Gasteiger partial charge in [0.05, 0.1) is 0 Å². The number of piperidine rings is 1. The van der Waals surface area contributed by atoms with Gasteiger partial charge in [-0.2, -0.15) is 0 Å². The summed E-state index contributed by atoms with van der Waals surface area (Å²) >= 11 is 0. The Morgan fingerprint density at radius 3 is 2.30 bits per heavy atom. The summed E-state index contributed by atoms with van der Waals surface area (Å²) in [5.41, 5.74) is 0.207. The first kappa shape index (κ1) is 15.7. The van der Waals surface area contributed by atoms with Crippen LogP contribution in [0.15, 0.2) is 0 Å². The highest BCUT2D eigenvalue weighted by Crippen LogP contribution is 2.38. The molecular formula is C16H27F2NO. The highest BCUT2D eigenvalue weighted by molar-refractivity contribution is 5.79. The van der Waals surface area contributed by atoms with Crippen LogP contribution >= 0.6 is 0 Å². The number of alkyl halides is 2. The highest BCUT2D eigenvalue weighted by Gasteiger charge is 2.40. The van der Waals surface area contributed by atoms with Gasteiger partial charge in [-0.25, -0.2) is 8.78 Å². The van der Waals surface area contributed by atoms with Gasteiger partial charge < -0.3 is 4.90 Å². The van der Waals surface area contributed by atoms with E-state index in [4.69, 9.17) is 0 Å². The minimum atomic E-state index is -2.55. The quantitative estimate of drug-likeness (QED) is 0.711. The highest BCUT2D eigenvalue weighted by atomic mass is 19.3. The topological polar surface area (TPSA) is 20.3 Å². The number of nitrogens with zero attached hydrogens (tertiary/aromatic N) is 1. The molecule has 0 N–H and O–H groups in total. The molecular weight excluding hydrogens is 260 g/mol. The van der Waals surface area contributed by atoms with E-state index in [-0.39, 0.29) is 30.1 Å². The van der Waals surface area contributed by atoms with Crippen LogP contribution in [0.25, 0.3) is 0 Å². The summed E-state index contributed by atoms with van der Waals surface area (Å²) in [5, 5.41) is 0. The van der Waals surface area contributed by atoms with Crippen molar-refractivity contribution in [3.8, 4) is 0 Å². The number of carbonyl (C=O) groups is 1. The minimum absolute atomic E-state index is 0.120. The number of likely N-dealkylation sites (tertiary alicyclic amines) is 1. The summed E-state index contributed by atoms with van der Waals surface area (Å²) in [6.07, 6.45) is 2.65. The van der Waals surface area contributed by atoms with Crippen LogP contribution in [0.5, 0.6) is 0 Å². The zero-order valence-corrected chi connectivity index (χ0v) is 12.9. The number of halogens is 2. The summed E-state index contributed by atoms with van der Waals surface area (Å²) < 4.78 is 26.4. The molecule has 0 aromatic carbocycles. The van der Waals surface area contributed by atoms with Gasteiger partial charge in [0.1, 0.15) is 0 Å². The summed E-state index contributed by atoms with van der Waals surface area (Å²) in [6, 6.07) is 0. The Hall–Kier alpha value is -0.670. The third-order valence-corrected chi connectivity index (χ3v) is 5.02. The van der Waals surface area contributed by atoms with Crippen LogP contribution in [-0.2, 0) is 4.79 Å². The van der Waals surface area contributed by atoms with E-state index in [0.29, 0.717) is 18.8 Å². The van der Waals surface area contributed by atoms with Crippen molar-refractivity contribution in [3.63, 3.8) is 0 Å². The van der Waals surface area contributed by atoms with Gasteiger partial charge in [-0.3, -0.25) is 4.79 Å². The third-order valence-electron chi connectivity index (χ3n) is 5.02. The summed E-state index contributed by atoms with van der Waals surface area (Å²) in [5.74, 6) is -2.08. The lowest BCUT2D eigenvalue weighted by Gasteiger charge is -2.41. The molecule has 2 rings (SSSR count). The van der Waals surface area contributed by atoms with Crippen LogP contribution in [-0.4, -0.2) is 29.8 Å². The van der Waals surface area contributed by atoms with Crippen LogP contribution in [0.2, 0.25) is 0 Å². The van der Waals surface area contributed by atoms with Crippen LogP contribution in [0.1, 0.15) is 59.3 Å². The van der Waals surface area contributed by atoms with E-state index in [2.05, 4.69) is 20.8 Å². The van der Waals surface area contributed by atoms with E-state index in [0.717, 1.165) is 25.9 Å². The summed E-state index contributed by atoms with van der Waals surface area (Å²) in [7, 11) is 0. The van der Waals surface area contributed by atoms with Crippen molar-refractivity contribution in [2.45, 2.75) is 65.2 Å². The standard InChI is InChI=1S/C16H27F2NO/c1-15(2,3)13-5-4-10-19(11-13)14(20)12-6-8-16(17,18)9-7-12/h12-13H,4-11H2,1-3H3. The molecule has 0 aromatic rings. The van der Waals surface area contributed by atoms with Crippen LogP contribution < -0.4 is 0 Å². The molecule has 20 heavy (non-hydrogen) atoms. The van der Waals surface area contributed by atoms with Gasteiger partial charge in [-0.05, 0) is 37.0 Å². The van der Waals surface area contributed by atoms with E-state index in [9.17, 15) is 13.6 Å². The monoisotopic (exact) mass is 287 g/mol. The SMILES string of the molecule is CC(C)(C)C1CCCN(C(=O)C2CCC(F)(F)CC2)C1. The first-order valence-electron chi connectivity index (χ1n) is 7.86. The van der Waals surface area contributed by atoms with Crippen molar-refractivity contribution in [3.05, 3.63) is 0 Å². The lowest BCUT2D eigenvalue weighted by Crippen LogP contribution is -2.47. The second-order valence-corrected chi connectivity index (χ2v) is 7.62. The van der Waals surface area contributed by atoms with Gasteiger partial charge in [0.25, 0.3) is 0 Å². The van der Waals surface area contributed by atoms with Crippen molar-refractivity contribution in [2.24, 2.45) is 17.3 Å². The number of hydrogen-bond donors (Lipinski definition) is 0. The number of hydrogen-bond acceptors (Lipinski definition) is 1. The van der Waals surface area contributed by atoms with Gasteiger partial charge in [-0.1, -0.05) is 20.8 Å². The Morgan fingerprint density at radius 1 is 1.15 bits per heavy atom. The fourth-order valence-electron chi connectivity index (χ4n) is 3.43. The van der Waals surface area contributed by atoms with E-state index >= 15 is 0 Å². The lowest BCUT2D eigenvalue weighted by molar-refractivity contribution is -0.142. The molecule has 1 aliphatic heterocycles. The molecule has 0 spiro atoms. The molecule has 1 aliphatic carbocycles. The second-order valence-electron chi connectivity index (χ2n) is 7.62. The van der Waals surface area contributed by atoms with Gasteiger partial charge >= 0.3 is 0 Å². The smallest absolute Gasteiger partial charge is 0.248 e. The lowest BCUT2D eigenvalue weighted by atomic mass is 9.76. The average Bonchev–Trinajstić information content (AvgIpc) is 2.37. The van der Waals surface area contributed by atoms with E-state index in [1.54, 1.807) is 0 Å². The Labute approximate surface area is 120 Å². The number of carbonyl (C=O) groups excluding carboxylic acids is 1. The van der Waals surface area contributed by atoms with Crippen LogP contribution in [0.3, 0.4) is 0 Å². The van der Waals surface area contributed by atoms with Crippen molar-refractivity contribution in [1.82, 2.24) is 4.90 Å². The van der Waals surface area contributed by atoms with Crippen molar-refractivity contribution < 1.29 is 13.6 Å². The number of amides is 1. The predicted molar refractivity (Wildman–Crippen MR) is 75.7 cm³/mol. The van der Waals surface area contributed by atoms with Crippen molar-refractivity contribution in [2.75, 3.05) is 13.1 Å². The molecule has 1 saturated heterocycles. The zero-order valence-electron chi connectivity index (χ0n) is 12.9. The average molecular weight is 287 g/mol. The Balaban J connectivity index is 1.93. The molecule has 1 unspecified atom stereocenters. The van der Waals surface area contributed by atoms with Crippen molar-refractivity contribution >= 4 is 5.91 Å². The normalized spacial score (nSPS) is 28.4. The van der Waals surface area contributed by atoms with Gasteiger partial charge in [0.15, 0.2) is 0 Å². The molecule has 0 radical (unpaired) electrons. The molecule has 0 aromatic heterocycles. The Kier molecular flexibility index (Phi) is 4.41. The third kappa shape index (κ3) is 3.70. The van der Waals surface area contributed by atoms with E-state index in [1.807, 2.05) is 4.90 Å². The summed E-state index contributed by atoms with van der Waals surface area (Å²) in [6.45, 7) is 8.25.